The van der Waals surface area contributed by atoms with Crippen molar-refractivity contribution < 1.29 is 4.42 Å². The van der Waals surface area contributed by atoms with Gasteiger partial charge in [0.1, 0.15) is 6.07 Å². The van der Waals surface area contributed by atoms with Crippen LogP contribution in [0.4, 0.5) is 11.7 Å². The minimum atomic E-state index is -0.0138. The Labute approximate surface area is 153 Å². The van der Waals surface area contributed by atoms with Gasteiger partial charge in [0.2, 0.25) is 0 Å². The molecule has 0 aromatic carbocycles. The van der Waals surface area contributed by atoms with Gasteiger partial charge in [-0.25, -0.2) is 9.97 Å². The van der Waals surface area contributed by atoms with Crippen LogP contribution < -0.4 is 11.1 Å². The maximum absolute atomic E-state index is 9.02. The van der Waals surface area contributed by atoms with Crippen LogP contribution in [0, 0.1) is 11.3 Å². The van der Waals surface area contributed by atoms with Gasteiger partial charge in [-0.05, 0) is 19.9 Å². The first kappa shape index (κ1) is 16.5. The molecule has 0 unspecified atom stereocenters. The van der Waals surface area contributed by atoms with Crippen molar-refractivity contribution in [2.75, 3.05) is 11.1 Å². The molecule has 0 spiro atoms. The number of nitrogens with two attached hydrogens (primary N) is 1. The van der Waals surface area contributed by atoms with E-state index < -0.39 is 0 Å². The molecule has 4 rings (SSSR count). The number of nitrogens with zero attached hydrogens (tertiary/aromatic N) is 7. The number of nitrogen functional groups attached to an aromatic ring is 1. The molecule has 0 aliphatic rings. The molecule has 3 N–H and O–H groups in total. The van der Waals surface area contributed by atoms with Crippen molar-refractivity contribution in [2.45, 2.75) is 19.9 Å². The summed E-state index contributed by atoms with van der Waals surface area (Å²) in [5.74, 6) is 0.832. The number of hydrogen-bond acceptors (Lipinski definition) is 9. The number of anilines is 2. The third-order valence-corrected chi connectivity index (χ3v) is 3.76. The number of fused-ring (bicyclic) bond motifs is 1. The Morgan fingerprint density at radius 1 is 1.19 bits per heavy atom. The minimum absolute atomic E-state index is 0.0138. The molecule has 0 radical (unpaired) electrons. The molecule has 0 aliphatic carbocycles. The number of rotatable bonds is 4. The largest absolute Gasteiger partial charge is 0.403 e. The monoisotopic (exact) mass is 361 g/mol. The van der Waals surface area contributed by atoms with Gasteiger partial charge in [0, 0.05) is 29.9 Å². The number of aromatic nitrogens is 6. The van der Waals surface area contributed by atoms with Crippen LogP contribution >= 0.6 is 0 Å². The van der Waals surface area contributed by atoms with Crippen molar-refractivity contribution in [3.8, 4) is 23.3 Å². The van der Waals surface area contributed by atoms with E-state index in [2.05, 4.69) is 36.7 Å². The number of nitriles is 1. The molecular weight excluding hydrogens is 346 g/mol. The van der Waals surface area contributed by atoms with Crippen molar-refractivity contribution in [3.63, 3.8) is 0 Å². The molecule has 0 atom stereocenters. The van der Waals surface area contributed by atoms with Gasteiger partial charge in [-0.2, -0.15) is 15.0 Å². The summed E-state index contributed by atoms with van der Waals surface area (Å²) in [6.07, 6.45) is 4.76. The third-order valence-electron chi connectivity index (χ3n) is 3.76. The van der Waals surface area contributed by atoms with Gasteiger partial charge in [-0.1, -0.05) is 5.10 Å². The van der Waals surface area contributed by atoms with Gasteiger partial charge >= 0.3 is 6.01 Å². The second kappa shape index (κ2) is 6.38. The molecule has 0 saturated heterocycles. The Kier molecular flexibility index (Phi) is 3.89. The summed E-state index contributed by atoms with van der Waals surface area (Å²) >= 11 is 0. The van der Waals surface area contributed by atoms with Gasteiger partial charge in [0.15, 0.2) is 11.5 Å². The van der Waals surface area contributed by atoms with Crippen molar-refractivity contribution in [3.05, 3.63) is 36.3 Å². The molecule has 0 aliphatic heterocycles. The van der Waals surface area contributed by atoms with Crippen LogP contribution in [-0.2, 0) is 0 Å². The Morgan fingerprint density at radius 3 is 2.74 bits per heavy atom. The summed E-state index contributed by atoms with van der Waals surface area (Å²) in [4.78, 5) is 8.78. The molecule has 0 fully saturated rings. The second-order valence-electron chi connectivity index (χ2n) is 6.14. The normalized spacial score (nSPS) is 11.0. The zero-order valence-electron chi connectivity index (χ0n) is 14.6. The lowest BCUT2D eigenvalue weighted by Gasteiger charge is -2.14. The Hall–Kier alpha value is -4.00. The molecule has 4 heterocycles. The van der Waals surface area contributed by atoms with E-state index in [0.29, 0.717) is 22.6 Å². The van der Waals surface area contributed by atoms with E-state index in [1.165, 1.54) is 6.20 Å². The highest BCUT2D eigenvalue weighted by Gasteiger charge is 2.16. The molecule has 27 heavy (non-hydrogen) atoms. The quantitative estimate of drug-likeness (QED) is 0.558. The van der Waals surface area contributed by atoms with Crippen molar-refractivity contribution in [1.29, 1.82) is 5.26 Å². The molecule has 10 heteroatoms. The second-order valence-corrected chi connectivity index (χ2v) is 6.14. The summed E-state index contributed by atoms with van der Waals surface area (Å²) in [5.41, 5.74) is 7.99. The minimum Gasteiger partial charge on any atom is -0.403 e. The average molecular weight is 361 g/mol. The summed E-state index contributed by atoms with van der Waals surface area (Å²) in [6, 6.07) is 5.76. The maximum Gasteiger partial charge on any atom is 0.313 e. The van der Waals surface area contributed by atoms with E-state index in [-0.39, 0.29) is 17.9 Å². The number of pyridine rings is 2. The Balaban J connectivity index is 1.83. The lowest BCUT2D eigenvalue weighted by molar-refractivity contribution is 0.590. The third kappa shape index (κ3) is 3.02. The van der Waals surface area contributed by atoms with E-state index >= 15 is 0 Å². The van der Waals surface area contributed by atoms with Crippen LogP contribution in [-0.4, -0.2) is 36.0 Å². The standard InChI is InChI=1S/C17H15N9O/c1-9(2)23-13-4-14(20-8-12(13)16-24-25-17(19)27-16)26-15-11(7-22-26)3-10(5-18)6-21-15/h3-4,6-9H,1-2H3,(H2,19,25)(H,20,23). The zero-order valence-corrected chi connectivity index (χ0v) is 14.6. The highest BCUT2D eigenvalue weighted by Crippen LogP contribution is 2.29. The molecular formula is C17H15N9O. The molecule has 4 aromatic rings. The fraction of sp³-hybridized carbons (Fsp3) is 0.176. The van der Waals surface area contributed by atoms with Crippen LogP contribution in [0.5, 0.6) is 0 Å². The molecule has 0 bridgehead atoms. The predicted octanol–water partition coefficient (Wildman–Crippen LogP) is 2.14. The first-order valence-corrected chi connectivity index (χ1v) is 8.15. The summed E-state index contributed by atoms with van der Waals surface area (Å²) in [7, 11) is 0. The molecule has 10 nitrogen and oxygen atoms in total. The fourth-order valence-corrected chi connectivity index (χ4v) is 2.65. The SMILES string of the molecule is CC(C)Nc1cc(-n2ncc3cc(C#N)cnc32)ncc1-c1nnc(N)o1. The fourth-order valence-electron chi connectivity index (χ4n) is 2.65. The van der Waals surface area contributed by atoms with Crippen molar-refractivity contribution in [2.24, 2.45) is 0 Å². The number of hydrogen-bond donors (Lipinski definition) is 2. The van der Waals surface area contributed by atoms with Crippen LogP contribution in [0.3, 0.4) is 0 Å². The summed E-state index contributed by atoms with van der Waals surface area (Å²) < 4.78 is 6.93. The average Bonchev–Trinajstić information content (AvgIpc) is 3.26. The van der Waals surface area contributed by atoms with Crippen molar-refractivity contribution >= 4 is 22.7 Å². The summed E-state index contributed by atoms with van der Waals surface area (Å²) in [6.45, 7) is 4.03. The van der Waals surface area contributed by atoms with E-state index in [1.54, 1.807) is 23.1 Å². The van der Waals surface area contributed by atoms with E-state index in [0.717, 1.165) is 11.1 Å². The predicted molar refractivity (Wildman–Crippen MR) is 97.8 cm³/mol. The lowest BCUT2D eigenvalue weighted by atomic mass is 10.2. The van der Waals surface area contributed by atoms with Gasteiger partial charge in [0.05, 0.1) is 23.0 Å². The lowest BCUT2D eigenvalue weighted by Crippen LogP contribution is -2.12. The topological polar surface area (TPSA) is 144 Å². The van der Waals surface area contributed by atoms with Crippen LogP contribution in [0.1, 0.15) is 19.4 Å². The molecule has 134 valence electrons. The van der Waals surface area contributed by atoms with Gasteiger partial charge in [-0.15, -0.1) is 5.10 Å². The maximum atomic E-state index is 9.02. The Morgan fingerprint density at radius 2 is 2.04 bits per heavy atom. The highest BCUT2D eigenvalue weighted by atomic mass is 16.4. The van der Waals surface area contributed by atoms with Crippen LogP contribution in [0.2, 0.25) is 0 Å². The Bertz CT molecular complexity index is 1170. The smallest absolute Gasteiger partial charge is 0.313 e. The van der Waals surface area contributed by atoms with Gasteiger partial charge < -0.3 is 15.5 Å². The molecule has 0 saturated carbocycles. The number of nitrogens with one attached hydrogen (secondary N) is 1. The van der Waals surface area contributed by atoms with E-state index in [9.17, 15) is 0 Å². The van der Waals surface area contributed by atoms with Gasteiger partial charge in [0.25, 0.3) is 5.89 Å². The zero-order chi connectivity index (χ0) is 19.0. The van der Waals surface area contributed by atoms with Crippen molar-refractivity contribution in [1.82, 2.24) is 29.9 Å². The first-order valence-electron chi connectivity index (χ1n) is 8.15. The van der Waals surface area contributed by atoms with Crippen LogP contribution in [0.15, 0.2) is 35.1 Å². The summed E-state index contributed by atoms with van der Waals surface area (Å²) in [5, 5.41) is 25.1. The van der Waals surface area contributed by atoms with E-state index in [4.69, 9.17) is 15.4 Å². The molecule has 0 amide bonds. The van der Waals surface area contributed by atoms with Gasteiger partial charge in [-0.3, -0.25) is 0 Å². The van der Waals surface area contributed by atoms with Crippen LogP contribution in [0.25, 0.3) is 28.3 Å². The molecule has 4 aromatic heterocycles. The van der Waals surface area contributed by atoms with E-state index in [1.807, 2.05) is 19.9 Å². The highest BCUT2D eigenvalue weighted by molar-refractivity contribution is 5.78. The first-order chi connectivity index (χ1) is 13.0.